The zero-order chi connectivity index (χ0) is 13.1. The predicted molar refractivity (Wildman–Crippen MR) is 77.5 cm³/mol. The van der Waals surface area contributed by atoms with Crippen LogP contribution in [0.25, 0.3) is 10.6 Å². The number of hydrogen-bond acceptors (Lipinski definition) is 4. The molecule has 1 unspecified atom stereocenters. The zero-order valence-electron chi connectivity index (χ0n) is 10.1. The Labute approximate surface area is 120 Å². The molecule has 1 heterocycles. The van der Waals surface area contributed by atoms with Crippen molar-refractivity contribution in [3.8, 4) is 10.6 Å². The molecule has 1 atom stereocenters. The summed E-state index contributed by atoms with van der Waals surface area (Å²) >= 11 is 13.6. The molecule has 1 aromatic carbocycles. The summed E-state index contributed by atoms with van der Waals surface area (Å²) in [6, 6.07) is 5.54. The number of benzene rings is 1. The fraction of sp³-hybridized carbons (Fsp3) is 0.333. The number of nitrogens with zero attached hydrogens (tertiary/aromatic N) is 2. The van der Waals surface area contributed by atoms with Crippen molar-refractivity contribution in [1.82, 2.24) is 15.5 Å². The van der Waals surface area contributed by atoms with Crippen molar-refractivity contribution < 1.29 is 0 Å². The number of rotatable bonds is 4. The van der Waals surface area contributed by atoms with Crippen molar-refractivity contribution in [2.45, 2.75) is 19.9 Å². The molecule has 2 aromatic rings. The van der Waals surface area contributed by atoms with Crippen molar-refractivity contribution in [3.05, 3.63) is 33.3 Å². The molecule has 0 fully saturated rings. The van der Waals surface area contributed by atoms with Gasteiger partial charge in [-0.3, -0.25) is 0 Å². The second kappa shape index (κ2) is 5.97. The van der Waals surface area contributed by atoms with E-state index in [4.69, 9.17) is 23.2 Å². The van der Waals surface area contributed by atoms with E-state index in [1.165, 1.54) is 11.3 Å². The van der Waals surface area contributed by atoms with Crippen LogP contribution in [-0.2, 0) is 0 Å². The molecule has 18 heavy (non-hydrogen) atoms. The average molecular weight is 302 g/mol. The Balaban J connectivity index is 2.32. The standard InChI is InChI=1S/C12H13Cl2N3S/c1-3-15-7(2)11-16-17-12(18-11)9-6-8(13)4-5-10(9)14/h4-7,15H,3H2,1-2H3. The molecule has 0 saturated carbocycles. The maximum Gasteiger partial charge on any atom is 0.149 e. The van der Waals surface area contributed by atoms with Gasteiger partial charge in [0.2, 0.25) is 0 Å². The van der Waals surface area contributed by atoms with E-state index in [1.54, 1.807) is 12.1 Å². The summed E-state index contributed by atoms with van der Waals surface area (Å²) in [5, 5.41) is 14.7. The van der Waals surface area contributed by atoms with Gasteiger partial charge in [-0.1, -0.05) is 41.5 Å². The van der Waals surface area contributed by atoms with Gasteiger partial charge in [-0.25, -0.2) is 0 Å². The number of halogens is 2. The molecule has 1 N–H and O–H groups in total. The van der Waals surface area contributed by atoms with Crippen LogP contribution < -0.4 is 5.32 Å². The van der Waals surface area contributed by atoms with Crippen molar-refractivity contribution in [2.75, 3.05) is 6.54 Å². The minimum Gasteiger partial charge on any atom is -0.308 e. The lowest BCUT2D eigenvalue weighted by Gasteiger charge is -2.06. The minimum absolute atomic E-state index is 0.194. The minimum atomic E-state index is 0.194. The van der Waals surface area contributed by atoms with Gasteiger partial charge in [0.05, 0.1) is 11.1 Å². The lowest BCUT2D eigenvalue weighted by atomic mass is 10.2. The zero-order valence-corrected chi connectivity index (χ0v) is 12.4. The van der Waals surface area contributed by atoms with E-state index in [-0.39, 0.29) is 6.04 Å². The summed E-state index contributed by atoms with van der Waals surface area (Å²) in [4.78, 5) is 0. The number of hydrogen-bond donors (Lipinski definition) is 1. The van der Waals surface area contributed by atoms with Gasteiger partial charge in [0.25, 0.3) is 0 Å². The highest BCUT2D eigenvalue weighted by atomic mass is 35.5. The Morgan fingerprint density at radius 3 is 2.83 bits per heavy atom. The molecule has 3 nitrogen and oxygen atoms in total. The van der Waals surface area contributed by atoms with Crippen LogP contribution in [0, 0.1) is 0 Å². The van der Waals surface area contributed by atoms with E-state index in [1.807, 2.05) is 6.07 Å². The molecule has 96 valence electrons. The number of nitrogens with one attached hydrogen (secondary N) is 1. The quantitative estimate of drug-likeness (QED) is 0.920. The molecule has 0 saturated heterocycles. The monoisotopic (exact) mass is 301 g/mol. The second-order valence-electron chi connectivity index (χ2n) is 3.85. The van der Waals surface area contributed by atoms with Crippen LogP contribution in [-0.4, -0.2) is 16.7 Å². The normalized spacial score (nSPS) is 12.7. The first-order valence-electron chi connectivity index (χ1n) is 5.64. The molecule has 0 aliphatic rings. The van der Waals surface area contributed by atoms with Gasteiger partial charge in [-0.15, -0.1) is 10.2 Å². The van der Waals surface area contributed by atoms with Gasteiger partial charge in [0, 0.05) is 10.6 Å². The molecule has 0 amide bonds. The van der Waals surface area contributed by atoms with Crippen molar-refractivity contribution >= 4 is 34.5 Å². The largest absolute Gasteiger partial charge is 0.308 e. The maximum absolute atomic E-state index is 6.15. The van der Waals surface area contributed by atoms with Gasteiger partial charge in [0.15, 0.2) is 0 Å². The molecular formula is C12H13Cl2N3S. The van der Waals surface area contributed by atoms with E-state index < -0.39 is 0 Å². The van der Waals surface area contributed by atoms with E-state index in [9.17, 15) is 0 Å². The van der Waals surface area contributed by atoms with Crippen molar-refractivity contribution in [2.24, 2.45) is 0 Å². The fourth-order valence-corrected chi connectivity index (χ4v) is 2.91. The third-order valence-corrected chi connectivity index (χ3v) is 4.18. The summed E-state index contributed by atoms with van der Waals surface area (Å²) in [7, 11) is 0. The summed E-state index contributed by atoms with van der Waals surface area (Å²) in [6.45, 7) is 5.02. The second-order valence-corrected chi connectivity index (χ2v) is 5.70. The first-order chi connectivity index (χ1) is 8.61. The van der Waals surface area contributed by atoms with E-state index in [2.05, 4.69) is 29.4 Å². The van der Waals surface area contributed by atoms with E-state index in [0.717, 1.165) is 22.1 Å². The molecule has 0 aliphatic heterocycles. The van der Waals surface area contributed by atoms with E-state index >= 15 is 0 Å². The molecule has 0 radical (unpaired) electrons. The van der Waals surface area contributed by atoms with Crippen molar-refractivity contribution in [1.29, 1.82) is 0 Å². The first kappa shape index (κ1) is 13.7. The maximum atomic E-state index is 6.15. The third kappa shape index (κ3) is 3.01. The SMILES string of the molecule is CCNC(C)c1nnc(-c2cc(Cl)ccc2Cl)s1. The highest BCUT2D eigenvalue weighted by Gasteiger charge is 2.14. The van der Waals surface area contributed by atoms with Crippen LogP contribution in [0.15, 0.2) is 18.2 Å². The Morgan fingerprint density at radius 1 is 1.33 bits per heavy atom. The molecular weight excluding hydrogens is 289 g/mol. The Bertz CT molecular complexity index is 542. The van der Waals surface area contributed by atoms with Crippen LogP contribution in [0.3, 0.4) is 0 Å². The summed E-state index contributed by atoms with van der Waals surface area (Å²) < 4.78 is 0. The Kier molecular flexibility index (Phi) is 4.56. The van der Waals surface area contributed by atoms with Gasteiger partial charge >= 0.3 is 0 Å². The molecule has 0 bridgehead atoms. The smallest absolute Gasteiger partial charge is 0.149 e. The number of aromatic nitrogens is 2. The fourth-order valence-electron chi connectivity index (χ4n) is 1.57. The highest BCUT2D eigenvalue weighted by molar-refractivity contribution is 7.14. The molecule has 0 aliphatic carbocycles. The van der Waals surface area contributed by atoms with Gasteiger partial charge in [0.1, 0.15) is 10.0 Å². The van der Waals surface area contributed by atoms with Gasteiger partial charge in [-0.05, 0) is 31.7 Å². The molecule has 6 heteroatoms. The first-order valence-corrected chi connectivity index (χ1v) is 7.21. The average Bonchev–Trinajstić information content (AvgIpc) is 2.82. The Hall–Kier alpha value is -0.680. The van der Waals surface area contributed by atoms with Gasteiger partial charge in [-0.2, -0.15) is 0 Å². The Morgan fingerprint density at radius 2 is 2.11 bits per heavy atom. The molecule has 0 spiro atoms. The highest BCUT2D eigenvalue weighted by Crippen LogP contribution is 2.33. The van der Waals surface area contributed by atoms with Crippen molar-refractivity contribution in [3.63, 3.8) is 0 Å². The van der Waals surface area contributed by atoms with Crippen LogP contribution in [0.1, 0.15) is 24.9 Å². The van der Waals surface area contributed by atoms with Crippen LogP contribution in [0.4, 0.5) is 0 Å². The lowest BCUT2D eigenvalue weighted by Crippen LogP contribution is -2.17. The lowest BCUT2D eigenvalue weighted by molar-refractivity contribution is 0.590. The van der Waals surface area contributed by atoms with Crippen LogP contribution in [0.2, 0.25) is 10.0 Å². The topological polar surface area (TPSA) is 37.8 Å². The van der Waals surface area contributed by atoms with Gasteiger partial charge < -0.3 is 5.32 Å². The summed E-state index contributed by atoms with van der Waals surface area (Å²) in [5.41, 5.74) is 0.830. The molecule has 2 rings (SSSR count). The van der Waals surface area contributed by atoms with E-state index in [0.29, 0.717) is 10.0 Å². The third-order valence-electron chi connectivity index (χ3n) is 2.48. The summed E-state index contributed by atoms with van der Waals surface area (Å²) in [5.74, 6) is 0. The summed E-state index contributed by atoms with van der Waals surface area (Å²) in [6.07, 6.45) is 0. The molecule has 1 aromatic heterocycles. The predicted octanol–water partition coefficient (Wildman–Crippen LogP) is 4.18. The van der Waals surface area contributed by atoms with Crippen LogP contribution in [0.5, 0.6) is 0 Å². The van der Waals surface area contributed by atoms with Crippen LogP contribution >= 0.6 is 34.5 Å².